The van der Waals surface area contributed by atoms with Crippen LogP contribution >= 0.6 is 0 Å². The van der Waals surface area contributed by atoms with Gasteiger partial charge in [-0.2, -0.15) is 0 Å². The van der Waals surface area contributed by atoms with E-state index >= 15 is 0 Å². The van der Waals surface area contributed by atoms with Crippen molar-refractivity contribution in [3.63, 3.8) is 0 Å². The van der Waals surface area contributed by atoms with Gasteiger partial charge in [0.2, 0.25) is 0 Å². The van der Waals surface area contributed by atoms with E-state index in [9.17, 15) is 4.79 Å². The Bertz CT molecular complexity index is 784. The van der Waals surface area contributed by atoms with Gasteiger partial charge in [0.25, 0.3) is 0 Å². The Morgan fingerprint density at radius 3 is 2.55 bits per heavy atom. The quantitative estimate of drug-likeness (QED) is 0.787. The summed E-state index contributed by atoms with van der Waals surface area (Å²) in [5.74, 6) is 2.01. The van der Waals surface area contributed by atoms with Crippen molar-refractivity contribution < 1.29 is 6.22 Å². The second-order valence-corrected chi connectivity index (χ2v) is 10.5. The predicted octanol–water partition coefficient (Wildman–Crippen LogP) is 4.71. The molecule has 4 nitrogen and oxygen atoms in total. The minimum atomic E-state index is 0. The average molecular weight is 396 g/mol. The van der Waals surface area contributed by atoms with E-state index < -0.39 is 0 Å². The van der Waals surface area contributed by atoms with Crippen LogP contribution in [-0.2, 0) is 5.41 Å². The molecule has 4 heteroatoms. The number of likely N-dealkylation sites (tertiary alicyclic amines) is 2. The predicted molar refractivity (Wildman–Crippen MR) is 117 cm³/mol. The van der Waals surface area contributed by atoms with E-state index in [2.05, 4.69) is 34.5 Å². The summed E-state index contributed by atoms with van der Waals surface area (Å²) in [5, 5.41) is 3.41. The van der Waals surface area contributed by atoms with Crippen LogP contribution in [0.15, 0.2) is 24.3 Å². The Morgan fingerprint density at radius 1 is 1.03 bits per heavy atom. The fourth-order valence-corrected chi connectivity index (χ4v) is 7.60. The molecule has 158 valence electrons. The van der Waals surface area contributed by atoms with Crippen molar-refractivity contribution >= 4 is 6.03 Å². The maximum Gasteiger partial charge on any atom is 0.317 e. The normalized spacial score (nSPS) is 35.4. The molecule has 0 aromatic heterocycles. The zero-order valence-electron chi connectivity index (χ0n) is 17.6. The van der Waals surface area contributed by atoms with Gasteiger partial charge in [0.05, 0.1) is 6.04 Å². The minimum Gasteiger partial charge on any atom is -0.331 e. The van der Waals surface area contributed by atoms with E-state index in [0.29, 0.717) is 0 Å². The highest BCUT2D eigenvalue weighted by Gasteiger charge is 2.49. The number of nitrogens with one attached hydrogen (secondary N) is 1. The zero-order chi connectivity index (χ0) is 19.4. The number of rotatable bonds is 2. The van der Waals surface area contributed by atoms with Gasteiger partial charge in [-0.05, 0) is 87.4 Å². The first-order valence-corrected chi connectivity index (χ1v) is 12.1. The lowest BCUT2D eigenvalue weighted by atomic mass is 9.73. The number of fused-ring (bicyclic) bond motifs is 4. The maximum atomic E-state index is 12.8. The summed E-state index contributed by atoms with van der Waals surface area (Å²) in [6, 6.07) is 10.2. The lowest BCUT2D eigenvalue weighted by Crippen LogP contribution is -2.48. The van der Waals surface area contributed by atoms with Gasteiger partial charge in [-0.3, -0.25) is 0 Å². The van der Waals surface area contributed by atoms with Crippen LogP contribution in [0.1, 0.15) is 76.4 Å². The number of hydrogen-bond donors (Lipinski definition) is 1. The molecule has 2 aliphatic heterocycles. The summed E-state index contributed by atoms with van der Waals surface area (Å²) >= 11 is 0. The molecule has 2 amide bonds. The molecule has 2 heterocycles. The minimum absolute atomic E-state index is 0. The summed E-state index contributed by atoms with van der Waals surface area (Å²) in [5.41, 5.74) is 3.18. The second kappa shape index (κ2) is 7.01. The molecule has 29 heavy (non-hydrogen) atoms. The van der Waals surface area contributed by atoms with E-state index in [1.165, 1.54) is 62.7 Å². The van der Waals surface area contributed by atoms with Gasteiger partial charge in [-0.1, -0.05) is 30.7 Å². The molecule has 6 rings (SSSR count). The smallest absolute Gasteiger partial charge is 0.317 e. The lowest BCUT2D eigenvalue weighted by molar-refractivity contribution is 0.0811. The molecule has 2 saturated carbocycles. The molecular weight excluding hydrogens is 358 g/mol. The van der Waals surface area contributed by atoms with Crippen LogP contribution in [-0.4, -0.2) is 48.1 Å². The lowest BCUT2D eigenvalue weighted by Gasteiger charge is -2.44. The highest BCUT2D eigenvalue weighted by molar-refractivity contribution is 5.75. The Morgan fingerprint density at radius 2 is 1.83 bits per heavy atom. The average Bonchev–Trinajstić information content (AvgIpc) is 3.54. The highest BCUT2D eigenvalue weighted by atomic mass is 16.2. The van der Waals surface area contributed by atoms with E-state index in [4.69, 9.17) is 0 Å². The van der Waals surface area contributed by atoms with Crippen LogP contribution in [0, 0.1) is 11.8 Å². The number of amides is 2. The second-order valence-electron chi connectivity index (χ2n) is 10.5. The van der Waals surface area contributed by atoms with Crippen LogP contribution in [0.3, 0.4) is 0 Å². The van der Waals surface area contributed by atoms with E-state index in [1.807, 2.05) is 4.90 Å². The molecule has 2 bridgehead atoms. The third-order valence-electron chi connectivity index (χ3n) is 9.12. The zero-order valence-corrected chi connectivity index (χ0v) is 17.6. The Balaban J connectivity index is 0.00000193. The van der Waals surface area contributed by atoms with Crippen molar-refractivity contribution in [3.8, 4) is 0 Å². The Hall–Kier alpha value is -1.55. The molecule has 5 aliphatic rings. The number of nitrogens with zero attached hydrogens (tertiary/aromatic N) is 2. The summed E-state index contributed by atoms with van der Waals surface area (Å²) < 4.78 is 0. The van der Waals surface area contributed by atoms with Crippen LogP contribution in [0.4, 0.5) is 4.79 Å². The molecule has 0 unspecified atom stereocenters. The SMILES string of the molecule is O=C(N[C@H]1CC2(CCN([C@@H]3C[C@@H]4CC[C@@H]3C4)CC2)c2ccccc21)N1CCCC1.[HH]. The van der Waals surface area contributed by atoms with Crippen molar-refractivity contribution in [1.82, 2.24) is 15.1 Å². The van der Waals surface area contributed by atoms with Crippen molar-refractivity contribution in [2.24, 2.45) is 11.8 Å². The number of hydrogen-bond acceptors (Lipinski definition) is 2. The van der Waals surface area contributed by atoms with Crippen LogP contribution in [0.5, 0.6) is 0 Å². The van der Waals surface area contributed by atoms with E-state index in [-0.39, 0.29) is 18.9 Å². The Labute approximate surface area is 176 Å². The van der Waals surface area contributed by atoms with Crippen LogP contribution in [0.2, 0.25) is 0 Å². The molecule has 4 fully saturated rings. The van der Waals surface area contributed by atoms with Gasteiger partial charge in [-0.15, -0.1) is 0 Å². The highest BCUT2D eigenvalue weighted by Crippen LogP contribution is 2.53. The molecule has 1 spiro atoms. The van der Waals surface area contributed by atoms with Gasteiger partial charge < -0.3 is 15.1 Å². The monoisotopic (exact) mass is 395 g/mol. The van der Waals surface area contributed by atoms with Crippen LogP contribution < -0.4 is 5.32 Å². The first kappa shape index (κ1) is 18.2. The number of benzene rings is 1. The summed E-state index contributed by atoms with van der Waals surface area (Å²) in [6.07, 6.45) is 11.8. The fraction of sp³-hybridized carbons (Fsp3) is 0.720. The first-order chi connectivity index (χ1) is 14.2. The van der Waals surface area contributed by atoms with Gasteiger partial charge >= 0.3 is 6.03 Å². The van der Waals surface area contributed by atoms with Crippen LogP contribution in [0.25, 0.3) is 0 Å². The van der Waals surface area contributed by atoms with Crippen molar-refractivity contribution in [3.05, 3.63) is 35.4 Å². The first-order valence-electron chi connectivity index (χ1n) is 12.1. The summed E-state index contributed by atoms with van der Waals surface area (Å²) in [6.45, 7) is 4.33. The summed E-state index contributed by atoms with van der Waals surface area (Å²) in [4.78, 5) is 17.6. The summed E-state index contributed by atoms with van der Waals surface area (Å²) in [7, 11) is 0. The number of carbonyl (C=O) groups excluding carboxylic acids is 1. The molecule has 2 saturated heterocycles. The van der Waals surface area contributed by atoms with E-state index in [1.54, 1.807) is 0 Å². The molecule has 4 atom stereocenters. The van der Waals surface area contributed by atoms with Crippen molar-refractivity contribution in [2.75, 3.05) is 26.2 Å². The topological polar surface area (TPSA) is 35.6 Å². The van der Waals surface area contributed by atoms with Gasteiger partial charge in [0.1, 0.15) is 0 Å². The molecular formula is C25H37N3O. The van der Waals surface area contributed by atoms with Crippen molar-refractivity contribution in [2.45, 2.75) is 75.3 Å². The molecule has 1 aromatic rings. The van der Waals surface area contributed by atoms with Gasteiger partial charge in [0, 0.05) is 26.0 Å². The molecule has 3 aliphatic carbocycles. The third kappa shape index (κ3) is 3.01. The molecule has 1 N–H and O–H groups in total. The fourth-order valence-electron chi connectivity index (χ4n) is 7.60. The number of piperidine rings is 1. The molecule has 0 radical (unpaired) electrons. The van der Waals surface area contributed by atoms with Gasteiger partial charge in [0.15, 0.2) is 0 Å². The van der Waals surface area contributed by atoms with Crippen molar-refractivity contribution in [1.29, 1.82) is 0 Å². The largest absolute Gasteiger partial charge is 0.331 e. The van der Waals surface area contributed by atoms with Gasteiger partial charge in [-0.25, -0.2) is 4.79 Å². The third-order valence-corrected chi connectivity index (χ3v) is 9.12. The van der Waals surface area contributed by atoms with E-state index in [0.717, 1.165) is 50.2 Å². The number of urea groups is 1. The molecule has 1 aromatic carbocycles. The standard InChI is InChI=1S/C25H35N3O.H2/c29-24(28-11-3-4-12-28)26-22-17-25(21-6-2-1-5-20(21)22)9-13-27(14-10-25)23-16-18-7-8-19(23)15-18;/h1-2,5-6,18-19,22-23H,3-4,7-17H2,(H,26,29);1H/t18-,19-,22+,23-;/m1./s1. The Kier molecular flexibility index (Phi) is 4.41. The maximum absolute atomic E-state index is 12.8. The number of carbonyl (C=O) groups is 1.